The van der Waals surface area contributed by atoms with Crippen LogP contribution in [0.15, 0.2) is 63.8 Å². The van der Waals surface area contributed by atoms with Crippen LogP contribution in [0.3, 0.4) is 0 Å². The highest BCUT2D eigenvalue weighted by molar-refractivity contribution is 5.99. The van der Waals surface area contributed by atoms with Gasteiger partial charge in [-0.05, 0) is 42.3 Å². The van der Waals surface area contributed by atoms with E-state index in [1.54, 1.807) is 36.4 Å². The van der Waals surface area contributed by atoms with Gasteiger partial charge < -0.3 is 19.2 Å². The Balaban J connectivity index is 1.76. The van der Waals surface area contributed by atoms with E-state index in [1.807, 2.05) is 13.8 Å². The van der Waals surface area contributed by atoms with Gasteiger partial charge in [0.2, 0.25) is 11.2 Å². The number of hydrogen-bond donors (Lipinski definition) is 2. The SMILES string of the molecule is C[C@@H]1C[NH+](Cc2c(O)ccc3c(=O)c(-c4cccc5ccccc45)c(C(F)(F)F)oc23)C[C@@H](C)O1. The number of quaternary nitrogens is 1. The molecule has 3 aromatic carbocycles. The van der Waals surface area contributed by atoms with Crippen LogP contribution >= 0.6 is 0 Å². The normalized spacial score (nSPS) is 21.0. The van der Waals surface area contributed by atoms with Gasteiger partial charge in [-0.3, -0.25) is 4.79 Å². The molecule has 0 unspecified atom stereocenters. The zero-order chi connectivity index (χ0) is 24.9. The highest BCUT2D eigenvalue weighted by Crippen LogP contribution is 2.40. The fourth-order valence-corrected chi connectivity index (χ4v) is 5.15. The Bertz CT molecular complexity index is 1460. The molecule has 0 aliphatic carbocycles. The van der Waals surface area contributed by atoms with E-state index in [1.165, 1.54) is 18.2 Å². The van der Waals surface area contributed by atoms with Crippen LogP contribution in [0.1, 0.15) is 25.2 Å². The van der Waals surface area contributed by atoms with E-state index in [-0.39, 0.29) is 46.6 Å². The van der Waals surface area contributed by atoms with Crippen molar-refractivity contribution in [2.75, 3.05) is 13.1 Å². The van der Waals surface area contributed by atoms with E-state index in [9.17, 15) is 23.1 Å². The molecule has 1 fully saturated rings. The lowest BCUT2D eigenvalue weighted by molar-refractivity contribution is -0.928. The number of phenolic OH excluding ortho intramolecular Hbond substituents is 1. The molecule has 8 heteroatoms. The molecule has 5 nitrogen and oxygen atoms in total. The molecule has 0 amide bonds. The summed E-state index contributed by atoms with van der Waals surface area (Å²) in [6.45, 7) is 5.29. The van der Waals surface area contributed by atoms with Crippen LogP contribution in [-0.2, 0) is 17.5 Å². The van der Waals surface area contributed by atoms with Crippen LogP contribution in [-0.4, -0.2) is 30.4 Å². The van der Waals surface area contributed by atoms with Gasteiger partial charge in [-0.15, -0.1) is 0 Å². The van der Waals surface area contributed by atoms with Crippen molar-refractivity contribution in [2.45, 2.75) is 38.8 Å². The summed E-state index contributed by atoms with van der Waals surface area (Å²) < 4.78 is 54.2. The second kappa shape index (κ2) is 8.70. The second-order valence-electron chi connectivity index (χ2n) is 9.19. The molecule has 0 bridgehead atoms. The highest BCUT2D eigenvalue weighted by atomic mass is 19.4. The molecule has 0 saturated carbocycles. The zero-order valence-electron chi connectivity index (χ0n) is 19.3. The first kappa shape index (κ1) is 23.4. The Morgan fingerprint density at radius 2 is 1.66 bits per heavy atom. The lowest BCUT2D eigenvalue weighted by atomic mass is 9.95. The van der Waals surface area contributed by atoms with Crippen molar-refractivity contribution < 1.29 is 32.3 Å². The van der Waals surface area contributed by atoms with Crippen LogP contribution in [0, 0.1) is 0 Å². The third kappa shape index (κ3) is 4.28. The number of fused-ring (bicyclic) bond motifs is 2. The summed E-state index contributed by atoms with van der Waals surface area (Å²) in [5, 5.41) is 11.8. The summed E-state index contributed by atoms with van der Waals surface area (Å²) in [4.78, 5) is 14.7. The summed E-state index contributed by atoms with van der Waals surface area (Å²) in [5.41, 5.74) is -1.20. The molecule has 2 N–H and O–H groups in total. The van der Waals surface area contributed by atoms with Gasteiger partial charge >= 0.3 is 6.18 Å². The van der Waals surface area contributed by atoms with Crippen molar-refractivity contribution in [1.29, 1.82) is 0 Å². The summed E-state index contributed by atoms with van der Waals surface area (Å²) in [5.74, 6) is -1.57. The minimum atomic E-state index is -4.92. The molecule has 4 aromatic rings. The smallest absolute Gasteiger partial charge is 0.450 e. The predicted molar refractivity (Wildman–Crippen MR) is 127 cm³/mol. The van der Waals surface area contributed by atoms with Crippen LogP contribution in [0.4, 0.5) is 13.2 Å². The molecule has 1 aliphatic rings. The molecule has 2 heterocycles. The average Bonchev–Trinajstić information content (AvgIpc) is 2.79. The van der Waals surface area contributed by atoms with E-state index in [0.29, 0.717) is 23.9 Å². The van der Waals surface area contributed by atoms with Gasteiger partial charge in [-0.2, -0.15) is 13.2 Å². The van der Waals surface area contributed by atoms with Crippen molar-refractivity contribution in [3.05, 3.63) is 76.1 Å². The zero-order valence-corrected chi connectivity index (χ0v) is 19.3. The maximum atomic E-state index is 14.3. The number of ether oxygens (including phenoxy) is 1. The highest BCUT2D eigenvalue weighted by Gasteiger charge is 2.40. The molecule has 5 rings (SSSR count). The van der Waals surface area contributed by atoms with Gasteiger partial charge in [0.05, 0.1) is 16.5 Å². The van der Waals surface area contributed by atoms with Gasteiger partial charge in [0, 0.05) is 0 Å². The molecule has 35 heavy (non-hydrogen) atoms. The number of nitrogens with one attached hydrogen (secondary N) is 1. The lowest BCUT2D eigenvalue weighted by Gasteiger charge is -2.32. The fourth-order valence-electron chi connectivity index (χ4n) is 5.15. The van der Waals surface area contributed by atoms with Gasteiger partial charge in [-0.1, -0.05) is 42.5 Å². The largest absolute Gasteiger partial charge is 0.507 e. The summed E-state index contributed by atoms with van der Waals surface area (Å²) >= 11 is 0. The molecule has 1 saturated heterocycles. The predicted octanol–water partition coefficient (Wildman–Crippen LogP) is 4.53. The number of benzene rings is 3. The standard InChI is InChI=1S/C27H24F3NO4/c1-15-12-31(13-16(2)34-15)14-21-22(32)11-10-20-24(33)23(26(27(28,29)30)35-25(20)21)19-9-5-7-17-6-3-4-8-18(17)19/h3-11,15-16,32H,12-14H2,1-2H3/p+1/t15-,16-/m1/s1. The van der Waals surface area contributed by atoms with E-state index in [2.05, 4.69) is 0 Å². The third-order valence-electron chi connectivity index (χ3n) is 6.50. The molecule has 0 spiro atoms. The van der Waals surface area contributed by atoms with E-state index >= 15 is 0 Å². The Morgan fingerprint density at radius 3 is 2.37 bits per heavy atom. The number of aromatic hydroxyl groups is 1. The minimum Gasteiger partial charge on any atom is -0.507 e. The Labute approximate surface area is 199 Å². The molecular weight excluding hydrogens is 459 g/mol. The van der Waals surface area contributed by atoms with E-state index < -0.39 is 22.9 Å². The topological polar surface area (TPSA) is 64.1 Å². The van der Waals surface area contributed by atoms with Crippen LogP contribution in [0.25, 0.3) is 32.9 Å². The Hall–Kier alpha value is -3.36. The monoisotopic (exact) mass is 484 g/mol. The molecule has 2 atom stereocenters. The van der Waals surface area contributed by atoms with E-state index in [0.717, 1.165) is 4.90 Å². The average molecular weight is 484 g/mol. The van der Waals surface area contributed by atoms with Crippen molar-refractivity contribution in [1.82, 2.24) is 0 Å². The molecule has 1 aromatic heterocycles. The number of rotatable bonds is 3. The van der Waals surface area contributed by atoms with E-state index in [4.69, 9.17) is 9.15 Å². The van der Waals surface area contributed by atoms with Crippen LogP contribution in [0.2, 0.25) is 0 Å². The summed E-state index contributed by atoms with van der Waals surface area (Å²) in [6.07, 6.45) is -5.00. The quantitative estimate of drug-likeness (QED) is 0.449. The third-order valence-corrected chi connectivity index (χ3v) is 6.50. The van der Waals surface area contributed by atoms with Gasteiger partial charge in [0.1, 0.15) is 37.6 Å². The molecule has 1 aliphatic heterocycles. The Morgan fingerprint density at radius 1 is 0.971 bits per heavy atom. The van der Waals surface area contributed by atoms with Gasteiger partial charge in [0.15, 0.2) is 5.58 Å². The maximum Gasteiger partial charge on any atom is 0.450 e. The van der Waals surface area contributed by atoms with Crippen molar-refractivity contribution in [3.63, 3.8) is 0 Å². The first-order chi connectivity index (χ1) is 16.6. The number of hydrogen-bond acceptors (Lipinski definition) is 4. The fraction of sp³-hybridized carbons (Fsp3) is 0.296. The molecule has 0 radical (unpaired) electrons. The van der Waals surface area contributed by atoms with Crippen molar-refractivity contribution in [3.8, 4) is 16.9 Å². The van der Waals surface area contributed by atoms with Crippen LogP contribution < -0.4 is 10.3 Å². The number of halogens is 3. The number of alkyl halides is 3. The lowest BCUT2D eigenvalue weighted by Crippen LogP contribution is -3.14. The van der Waals surface area contributed by atoms with Crippen molar-refractivity contribution >= 4 is 21.7 Å². The first-order valence-corrected chi connectivity index (χ1v) is 11.5. The maximum absolute atomic E-state index is 14.3. The molecular formula is C27H25F3NO4+. The first-order valence-electron chi connectivity index (χ1n) is 11.5. The van der Waals surface area contributed by atoms with Gasteiger partial charge in [0.25, 0.3) is 0 Å². The van der Waals surface area contributed by atoms with Crippen molar-refractivity contribution in [2.24, 2.45) is 0 Å². The Kier molecular flexibility index (Phi) is 5.81. The number of morpholine rings is 1. The van der Waals surface area contributed by atoms with Gasteiger partial charge in [-0.25, -0.2) is 0 Å². The minimum absolute atomic E-state index is 0.00231. The molecule has 182 valence electrons. The summed E-state index contributed by atoms with van der Waals surface area (Å²) in [6, 6.07) is 14.5. The summed E-state index contributed by atoms with van der Waals surface area (Å²) in [7, 11) is 0. The number of phenols is 1. The van der Waals surface area contributed by atoms with Crippen LogP contribution in [0.5, 0.6) is 5.75 Å². The second-order valence-corrected chi connectivity index (χ2v) is 9.19.